The third-order valence-corrected chi connectivity index (χ3v) is 3.84. The summed E-state index contributed by atoms with van der Waals surface area (Å²) in [6.45, 7) is 1.98. The van der Waals surface area contributed by atoms with Gasteiger partial charge in [0.1, 0.15) is 5.75 Å². The monoisotopic (exact) mass is 333 g/mol. The van der Waals surface area contributed by atoms with Crippen LogP contribution in [0.25, 0.3) is 11.6 Å². The average molecular weight is 333 g/mol. The molecule has 1 amide bonds. The van der Waals surface area contributed by atoms with E-state index in [9.17, 15) is 4.79 Å². The van der Waals surface area contributed by atoms with Gasteiger partial charge in [0, 0.05) is 23.7 Å². The van der Waals surface area contributed by atoms with Crippen molar-refractivity contribution in [3.05, 3.63) is 71.4 Å². The van der Waals surface area contributed by atoms with E-state index in [1.54, 1.807) is 6.92 Å². The highest BCUT2D eigenvalue weighted by atomic mass is 16.5. The fraction of sp³-hybridized carbons (Fsp3) is 0.105. The number of nitrogens with zero attached hydrogens (tertiary/aromatic N) is 2. The van der Waals surface area contributed by atoms with E-state index in [2.05, 4.69) is 15.5 Å². The molecule has 0 radical (unpaired) electrons. The number of carbonyl (C=O) groups excluding carboxylic acids is 1. The summed E-state index contributed by atoms with van der Waals surface area (Å²) in [4.78, 5) is 16.2. The smallest absolute Gasteiger partial charge is 0.256 e. The molecule has 1 aromatic heterocycles. The van der Waals surface area contributed by atoms with Gasteiger partial charge in [-0.05, 0) is 29.8 Å². The molecular weight excluding hydrogens is 318 g/mol. The predicted molar refractivity (Wildman–Crippen MR) is 92.8 cm³/mol. The second-order valence-corrected chi connectivity index (χ2v) is 5.65. The van der Waals surface area contributed by atoms with E-state index in [0.717, 1.165) is 16.8 Å². The second kappa shape index (κ2) is 6.24. The van der Waals surface area contributed by atoms with Crippen LogP contribution in [0.2, 0.25) is 0 Å². The van der Waals surface area contributed by atoms with Gasteiger partial charge in [-0.25, -0.2) is 0 Å². The molecule has 2 aromatic carbocycles. The van der Waals surface area contributed by atoms with Crippen molar-refractivity contribution in [3.63, 3.8) is 0 Å². The Kier molecular flexibility index (Phi) is 3.78. The quantitative estimate of drug-likeness (QED) is 0.740. The number of fused-ring (bicyclic) bond motifs is 1. The van der Waals surface area contributed by atoms with Gasteiger partial charge in [-0.1, -0.05) is 35.5 Å². The lowest BCUT2D eigenvalue weighted by Gasteiger charge is -2.04. The maximum atomic E-state index is 12.1. The zero-order valence-corrected chi connectivity index (χ0v) is 13.5. The lowest BCUT2D eigenvalue weighted by molar-refractivity contribution is -0.110. The molecule has 0 spiro atoms. The van der Waals surface area contributed by atoms with E-state index in [1.165, 1.54) is 0 Å². The first-order valence-electron chi connectivity index (χ1n) is 7.83. The highest BCUT2D eigenvalue weighted by Crippen LogP contribution is 2.32. The number of para-hydroxylation sites is 1. The number of hydrogen-bond acceptors (Lipinski definition) is 5. The van der Waals surface area contributed by atoms with Crippen molar-refractivity contribution >= 4 is 23.2 Å². The maximum Gasteiger partial charge on any atom is 0.256 e. The van der Waals surface area contributed by atoms with Gasteiger partial charge < -0.3 is 14.6 Å². The number of carbonyl (C=O) groups is 1. The Morgan fingerprint density at radius 1 is 1.16 bits per heavy atom. The van der Waals surface area contributed by atoms with Gasteiger partial charge in [0.2, 0.25) is 11.7 Å². The highest BCUT2D eigenvalue weighted by molar-refractivity contribution is 6.34. The molecule has 0 unspecified atom stereocenters. The lowest BCUT2D eigenvalue weighted by atomic mass is 10.0. The van der Waals surface area contributed by atoms with Crippen LogP contribution in [0.1, 0.15) is 22.8 Å². The lowest BCUT2D eigenvalue weighted by Crippen LogP contribution is -2.03. The molecule has 0 aliphatic carbocycles. The van der Waals surface area contributed by atoms with Crippen LogP contribution in [0.15, 0.2) is 53.1 Å². The van der Waals surface area contributed by atoms with E-state index < -0.39 is 0 Å². The van der Waals surface area contributed by atoms with Crippen LogP contribution >= 0.6 is 0 Å². The minimum atomic E-state index is -0.0889. The fourth-order valence-electron chi connectivity index (χ4n) is 2.66. The number of aromatic nitrogens is 2. The van der Waals surface area contributed by atoms with Crippen LogP contribution in [0.4, 0.5) is 5.69 Å². The molecule has 2 heterocycles. The van der Waals surface area contributed by atoms with Gasteiger partial charge in [-0.15, -0.1) is 0 Å². The summed E-state index contributed by atoms with van der Waals surface area (Å²) in [7, 11) is 0. The van der Waals surface area contributed by atoms with Crippen molar-refractivity contribution in [1.82, 2.24) is 10.1 Å². The van der Waals surface area contributed by atoms with E-state index in [-0.39, 0.29) is 12.5 Å². The molecule has 6 heteroatoms. The van der Waals surface area contributed by atoms with E-state index in [0.29, 0.717) is 23.0 Å². The summed E-state index contributed by atoms with van der Waals surface area (Å²) in [6.07, 6.45) is 1.87. The standard InChI is InChI=1S/C19H15N3O3/c1-12-20-18(22-25-12)11-24-14-8-6-13(7-9-14)10-16-15-4-2-3-5-17(15)21-19(16)23/h2-10H,11H2,1H3,(H,21,23). The molecule has 1 N–H and O–H groups in total. The van der Waals surface area contributed by atoms with Crippen LogP contribution in [0.5, 0.6) is 5.75 Å². The number of amides is 1. The zero-order valence-electron chi connectivity index (χ0n) is 13.5. The minimum absolute atomic E-state index is 0.0889. The Morgan fingerprint density at radius 2 is 1.96 bits per heavy atom. The molecule has 0 bridgehead atoms. The molecule has 124 valence electrons. The molecule has 0 fully saturated rings. The van der Waals surface area contributed by atoms with Crippen molar-refractivity contribution in [1.29, 1.82) is 0 Å². The van der Waals surface area contributed by atoms with Crippen LogP contribution in [-0.2, 0) is 11.4 Å². The first-order chi connectivity index (χ1) is 12.2. The number of nitrogens with one attached hydrogen (secondary N) is 1. The number of ether oxygens (including phenoxy) is 1. The number of aryl methyl sites for hydroxylation is 1. The third-order valence-electron chi connectivity index (χ3n) is 3.84. The number of hydrogen-bond donors (Lipinski definition) is 1. The molecule has 0 saturated heterocycles. The van der Waals surface area contributed by atoms with Crippen molar-refractivity contribution in [2.75, 3.05) is 5.32 Å². The number of anilines is 1. The first-order valence-corrected chi connectivity index (χ1v) is 7.83. The summed E-state index contributed by atoms with van der Waals surface area (Å²) in [6, 6.07) is 15.1. The highest BCUT2D eigenvalue weighted by Gasteiger charge is 2.23. The second-order valence-electron chi connectivity index (χ2n) is 5.65. The van der Waals surface area contributed by atoms with Gasteiger partial charge in [0.15, 0.2) is 6.61 Å². The molecule has 1 aliphatic rings. The molecule has 6 nitrogen and oxygen atoms in total. The molecule has 0 saturated carbocycles. The molecule has 3 aromatic rings. The topological polar surface area (TPSA) is 77.2 Å². The first kappa shape index (κ1) is 15.1. The minimum Gasteiger partial charge on any atom is -0.485 e. The normalized spacial score (nSPS) is 14.4. The molecule has 25 heavy (non-hydrogen) atoms. The fourth-order valence-corrected chi connectivity index (χ4v) is 2.66. The van der Waals surface area contributed by atoms with Crippen LogP contribution in [0, 0.1) is 6.92 Å². The van der Waals surface area contributed by atoms with E-state index >= 15 is 0 Å². The Bertz CT molecular complexity index is 958. The van der Waals surface area contributed by atoms with Gasteiger partial charge in [0.25, 0.3) is 5.91 Å². The van der Waals surface area contributed by atoms with Crippen molar-refractivity contribution in [3.8, 4) is 5.75 Å². The Labute approximate surface area is 144 Å². The average Bonchev–Trinajstić information content (AvgIpc) is 3.18. The predicted octanol–water partition coefficient (Wildman–Crippen LogP) is 3.45. The molecular formula is C19H15N3O3. The van der Waals surface area contributed by atoms with Gasteiger partial charge in [0.05, 0.1) is 0 Å². The summed E-state index contributed by atoms with van der Waals surface area (Å²) in [5, 5.41) is 6.65. The maximum absolute atomic E-state index is 12.1. The van der Waals surface area contributed by atoms with E-state index in [1.807, 2.05) is 54.6 Å². The van der Waals surface area contributed by atoms with Gasteiger partial charge in [-0.2, -0.15) is 4.98 Å². The van der Waals surface area contributed by atoms with E-state index in [4.69, 9.17) is 9.26 Å². The van der Waals surface area contributed by atoms with Crippen LogP contribution < -0.4 is 10.1 Å². The largest absolute Gasteiger partial charge is 0.485 e. The molecule has 0 atom stereocenters. The zero-order chi connectivity index (χ0) is 17.2. The molecule has 1 aliphatic heterocycles. The van der Waals surface area contributed by atoms with Crippen molar-refractivity contribution in [2.45, 2.75) is 13.5 Å². The molecule has 4 rings (SSSR count). The number of rotatable bonds is 4. The van der Waals surface area contributed by atoms with Crippen LogP contribution in [-0.4, -0.2) is 16.0 Å². The summed E-state index contributed by atoms with van der Waals surface area (Å²) in [5.74, 6) is 1.62. The summed E-state index contributed by atoms with van der Waals surface area (Å²) >= 11 is 0. The Hall–Kier alpha value is -3.41. The Morgan fingerprint density at radius 3 is 2.72 bits per heavy atom. The van der Waals surface area contributed by atoms with Crippen molar-refractivity contribution in [2.24, 2.45) is 0 Å². The third kappa shape index (κ3) is 3.14. The van der Waals surface area contributed by atoms with Gasteiger partial charge >= 0.3 is 0 Å². The summed E-state index contributed by atoms with van der Waals surface area (Å²) < 4.78 is 10.5. The van der Waals surface area contributed by atoms with Crippen LogP contribution in [0.3, 0.4) is 0 Å². The number of benzene rings is 2. The Balaban J connectivity index is 1.50. The summed E-state index contributed by atoms with van der Waals surface area (Å²) in [5.41, 5.74) is 3.34. The van der Waals surface area contributed by atoms with Crippen molar-refractivity contribution < 1.29 is 14.1 Å². The van der Waals surface area contributed by atoms with Gasteiger partial charge in [-0.3, -0.25) is 4.79 Å². The SMILES string of the molecule is Cc1nc(COc2ccc(C=C3C(=O)Nc4ccccc43)cc2)no1.